The lowest BCUT2D eigenvalue weighted by atomic mass is 10.0. The van der Waals surface area contributed by atoms with E-state index in [-0.39, 0.29) is 5.25 Å². The molecule has 1 rings (SSSR count). The highest BCUT2D eigenvalue weighted by Crippen LogP contribution is 2.29. The van der Waals surface area contributed by atoms with Gasteiger partial charge in [0.2, 0.25) is 0 Å². The largest absolute Gasteiger partial charge is 0.478 e. The van der Waals surface area contributed by atoms with Gasteiger partial charge in [-0.25, -0.2) is 4.79 Å². The van der Waals surface area contributed by atoms with Gasteiger partial charge in [-0.2, -0.15) is 11.8 Å². The van der Waals surface area contributed by atoms with Crippen molar-refractivity contribution in [3.05, 3.63) is 29.1 Å². The van der Waals surface area contributed by atoms with Gasteiger partial charge in [0.25, 0.3) is 0 Å². The van der Waals surface area contributed by atoms with Crippen LogP contribution in [0.2, 0.25) is 0 Å². The third kappa shape index (κ3) is 2.49. The minimum Gasteiger partial charge on any atom is -0.478 e. The van der Waals surface area contributed by atoms with Crippen LogP contribution in [-0.2, 0) is 0 Å². The van der Waals surface area contributed by atoms with Gasteiger partial charge in [0.05, 0.1) is 5.56 Å². The monoisotopic (exact) mass is 226 g/mol. The number of aryl methyl sites for hydroxylation is 1. The number of aromatic nitrogens is 1. The molecule has 0 saturated carbocycles. The summed E-state index contributed by atoms with van der Waals surface area (Å²) in [5.74, 6) is -0.928. The number of thioether (sulfide) groups is 1. The smallest absolute Gasteiger partial charge is 0.336 e. The maximum Gasteiger partial charge on any atom is 0.336 e. The summed E-state index contributed by atoms with van der Waals surface area (Å²) >= 11 is 1.54. The molecule has 1 heterocycles. The molecule has 1 atom stereocenters. The molecule has 3 N–H and O–H groups in total. The molecule has 0 saturated heterocycles. The first-order valence-corrected chi connectivity index (χ1v) is 5.82. The van der Waals surface area contributed by atoms with Crippen molar-refractivity contribution in [2.75, 3.05) is 12.8 Å². The number of carboxylic acid groups (broad SMARTS) is 1. The van der Waals surface area contributed by atoms with Crippen LogP contribution in [0.3, 0.4) is 0 Å². The van der Waals surface area contributed by atoms with Crippen LogP contribution in [0.4, 0.5) is 0 Å². The quantitative estimate of drug-likeness (QED) is 0.812. The summed E-state index contributed by atoms with van der Waals surface area (Å²) in [5.41, 5.74) is 7.38. The molecule has 0 fully saturated rings. The number of hydrogen-bond acceptors (Lipinski definition) is 4. The standard InChI is InChI=1S/C10H14N2O2S/c1-6-9(8(5-11)15-2)7(10(13)14)3-4-12-6/h3-4,8H,5,11H2,1-2H3,(H,13,14). The summed E-state index contributed by atoms with van der Waals surface area (Å²) in [6, 6.07) is 1.52. The Morgan fingerprint density at radius 1 is 1.73 bits per heavy atom. The molecule has 0 aromatic carbocycles. The molecule has 15 heavy (non-hydrogen) atoms. The van der Waals surface area contributed by atoms with Crippen LogP contribution in [0.25, 0.3) is 0 Å². The Labute approximate surface area is 92.9 Å². The summed E-state index contributed by atoms with van der Waals surface area (Å²) in [6.45, 7) is 2.22. The lowest BCUT2D eigenvalue weighted by Gasteiger charge is -2.16. The average molecular weight is 226 g/mol. The lowest BCUT2D eigenvalue weighted by Crippen LogP contribution is -2.15. The minimum absolute atomic E-state index is 0.00944. The second-order valence-electron chi connectivity index (χ2n) is 3.12. The summed E-state index contributed by atoms with van der Waals surface area (Å²) in [4.78, 5) is 15.1. The van der Waals surface area contributed by atoms with Crippen molar-refractivity contribution in [3.8, 4) is 0 Å². The maximum atomic E-state index is 11.0. The predicted octanol–water partition coefficient (Wildman–Crippen LogP) is 1.45. The zero-order valence-corrected chi connectivity index (χ0v) is 9.54. The number of nitrogens with zero attached hydrogens (tertiary/aromatic N) is 1. The molecule has 0 aliphatic carbocycles. The summed E-state index contributed by atoms with van der Waals surface area (Å²) < 4.78 is 0. The van der Waals surface area contributed by atoms with E-state index < -0.39 is 5.97 Å². The fourth-order valence-corrected chi connectivity index (χ4v) is 2.23. The molecule has 0 aliphatic rings. The molecule has 82 valence electrons. The average Bonchev–Trinajstić information content (AvgIpc) is 2.21. The Kier molecular flexibility index (Phi) is 4.11. The van der Waals surface area contributed by atoms with Gasteiger partial charge >= 0.3 is 5.97 Å². The van der Waals surface area contributed by atoms with E-state index in [1.807, 2.05) is 6.26 Å². The summed E-state index contributed by atoms with van der Waals surface area (Å²) in [6.07, 6.45) is 3.42. The van der Waals surface area contributed by atoms with Gasteiger partial charge < -0.3 is 10.8 Å². The molecule has 1 aromatic heterocycles. The number of carboxylic acids is 1. The molecule has 5 heteroatoms. The van der Waals surface area contributed by atoms with E-state index in [4.69, 9.17) is 10.8 Å². The normalized spacial score (nSPS) is 12.5. The van der Waals surface area contributed by atoms with Gasteiger partial charge in [-0.15, -0.1) is 0 Å². The third-order valence-corrected chi connectivity index (χ3v) is 3.24. The van der Waals surface area contributed by atoms with Gasteiger partial charge in [0.15, 0.2) is 0 Å². The van der Waals surface area contributed by atoms with E-state index in [0.29, 0.717) is 12.1 Å². The summed E-state index contributed by atoms with van der Waals surface area (Å²) in [7, 11) is 0. The number of hydrogen-bond donors (Lipinski definition) is 2. The van der Waals surface area contributed by atoms with Crippen LogP contribution >= 0.6 is 11.8 Å². The molecule has 0 spiro atoms. The van der Waals surface area contributed by atoms with Crippen molar-refractivity contribution in [3.63, 3.8) is 0 Å². The van der Waals surface area contributed by atoms with Gasteiger partial charge in [-0.1, -0.05) is 0 Å². The van der Waals surface area contributed by atoms with Crippen molar-refractivity contribution in [2.24, 2.45) is 5.73 Å². The fraction of sp³-hybridized carbons (Fsp3) is 0.400. The lowest BCUT2D eigenvalue weighted by molar-refractivity contribution is 0.0695. The van der Waals surface area contributed by atoms with E-state index in [2.05, 4.69) is 4.98 Å². The van der Waals surface area contributed by atoms with E-state index in [9.17, 15) is 4.79 Å². The molecule has 0 radical (unpaired) electrons. The topological polar surface area (TPSA) is 76.2 Å². The van der Waals surface area contributed by atoms with Crippen LogP contribution in [0.5, 0.6) is 0 Å². The van der Waals surface area contributed by atoms with Gasteiger partial charge in [-0.3, -0.25) is 4.98 Å². The Morgan fingerprint density at radius 3 is 2.87 bits per heavy atom. The number of rotatable bonds is 4. The van der Waals surface area contributed by atoms with E-state index in [1.165, 1.54) is 12.3 Å². The fourth-order valence-electron chi connectivity index (χ4n) is 1.50. The van der Waals surface area contributed by atoms with Gasteiger partial charge in [0, 0.05) is 29.2 Å². The molecule has 0 bridgehead atoms. The molecule has 0 aliphatic heterocycles. The highest BCUT2D eigenvalue weighted by atomic mass is 32.2. The zero-order chi connectivity index (χ0) is 11.4. The van der Waals surface area contributed by atoms with E-state index in [0.717, 1.165) is 11.3 Å². The molecule has 1 aromatic rings. The highest BCUT2D eigenvalue weighted by Gasteiger charge is 2.19. The van der Waals surface area contributed by atoms with Crippen molar-refractivity contribution in [1.82, 2.24) is 4.98 Å². The first-order chi connectivity index (χ1) is 7.11. The van der Waals surface area contributed by atoms with Gasteiger partial charge in [-0.05, 0) is 19.2 Å². The number of aromatic carboxylic acids is 1. The van der Waals surface area contributed by atoms with E-state index >= 15 is 0 Å². The van der Waals surface area contributed by atoms with Crippen LogP contribution in [0.15, 0.2) is 12.3 Å². The number of carbonyl (C=O) groups is 1. The van der Waals surface area contributed by atoms with Crippen molar-refractivity contribution >= 4 is 17.7 Å². The highest BCUT2D eigenvalue weighted by molar-refractivity contribution is 7.98. The Balaban J connectivity index is 3.29. The van der Waals surface area contributed by atoms with Crippen LogP contribution in [0.1, 0.15) is 26.9 Å². The van der Waals surface area contributed by atoms with Crippen LogP contribution in [0, 0.1) is 6.92 Å². The predicted molar refractivity (Wildman–Crippen MR) is 61.2 cm³/mol. The zero-order valence-electron chi connectivity index (χ0n) is 8.73. The Morgan fingerprint density at radius 2 is 2.40 bits per heavy atom. The third-order valence-electron chi connectivity index (χ3n) is 2.24. The first kappa shape index (κ1) is 12.0. The Hall–Kier alpha value is -1.07. The molecule has 1 unspecified atom stereocenters. The molecule has 0 amide bonds. The van der Waals surface area contributed by atoms with Crippen molar-refractivity contribution in [1.29, 1.82) is 0 Å². The SMILES string of the molecule is CSC(CN)c1c(C(=O)O)ccnc1C. The number of nitrogens with two attached hydrogens (primary N) is 1. The molecule has 4 nitrogen and oxygen atoms in total. The number of pyridine rings is 1. The summed E-state index contributed by atoms with van der Waals surface area (Å²) in [5, 5.41) is 9.04. The minimum atomic E-state index is -0.928. The molecular weight excluding hydrogens is 212 g/mol. The molecular formula is C10H14N2O2S. The van der Waals surface area contributed by atoms with Crippen molar-refractivity contribution < 1.29 is 9.90 Å². The second kappa shape index (κ2) is 5.14. The van der Waals surface area contributed by atoms with Crippen LogP contribution in [-0.4, -0.2) is 28.9 Å². The van der Waals surface area contributed by atoms with Gasteiger partial charge in [0.1, 0.15) is 0 Å². The van der Waals surface area contributed by atoms with E-state index in [1.54, 1.807) is 18.7 Å². The van der Waals surface area contributed by atoms with Crippen LogP contribution < -0.4 is 5.73 Å². The van der Waals surface area contributed by atoms with Crippen molar-refractivity contribution in [2.45, 2.75) is 12.2 Å². The maximum absolute atomic E-state index is 11.0. The Bertz CT molecular complexity index is 364. The second-order valence-corrected chi connectivity index (χ2v) is 4.16. The first-order valence-electron chi connectivity index (χ1n) is 4.53.